The van der Waals surface area contributed by atoms with Crippen molar-refractivity contribution < 1.29 is 14.3 Å². The van der Waals surface area contributed by atoms with Crippen molar-refractivity contribution in [2.24, 2.45) is 5.73 Å². The standard InChI is InChI=1S/C15H22N2O3/c1-3-20-12-9-11(16)13(12)17-15(18)14(19-2)10-7-5-4-6-8-10/h4-8,11-14H,3,9,16H2,1-2H3,(H,17,18). The molecule has 0 aliphatic heterocycles. The molecule has 1 amide bonds. The molecular weight excluding hydrogens is 256 g/mol. The molecule has 0 bridgehead atoms. The Morgan fingerprint density at radius 3 is 2.70 bits per heavy atom. The van der Waals surface area contributed by atoms with Gasteiger partial charge in [0.05, 0.1) is 12.1 Å². The largest absolute Gasteiger partial charge is 0.376 e. The fourth-order valence-corrected chi connectivity index (χ4v) is 2.49. The molecule has 2 rings (SSSR count). The first-order chi connectivity index (χ1) is 9.67. The van der Waals surface area contributed by atoms with E-state index >= 15 is 0 Å². The van der Waals surface area contributed by atoms with E-state index in [9.17, 15) is 4.79 Å². The summed E-state index contributed by atoms with van der Waals surface area (Å²) < 4.78 is 10.8. The number of nitrogens with one attached hydrogen (secondary N) is 1. The Labute approximate surface area is 119 Å². The summed E-state index contributed by atoms with van der Waals surface area (Å²) in [6.07, 6.45) is 0.167. The Kier molecular flexibility index (Phi) is 5.11. The Bertz CT molecular complexity index is 436. The predicted octanol–water partition coefficient (Wildman–Crippen LogP) is 0.995. The number of benzene rings is 1. The minimum absolute atomic E-state index is 0.00669. The topological polar surface area (TPSA) is 73.6 Å². The Morgan fingerprint density at radius 2 is 2.15 bits per heavy atom. The number of rotatable bonds is 6. The molecule has 3 N–H and O–H groups in total. The summed E-state index contributed by atoms with van der Waals surface area (Å²) in [4.78, 5) is 12.3. The van der Waals surface area contributed by atoms with E-state index < -0.39 is 6.10 Å². The number of amides is 1. The molecule has 4 unspecified atom stereocenters. The van der Waals surface area contributed by atoms with Gasteiger partial charge in [0.1, 0.15) is 0 Å². The second-order valence-corrected chi connectivity index (χ2v) is 4.95. The smallest absolute Gasteiger partial charge is 0.254 e. The number of nitrogens with two attached hydrogens (primary N) is 1. The normalized spacial score (nSPS) is 26.6. The molecule has 1 aromatic carbocycles. The highest BCUT2D eigenvalue weighted by Gasteiger charge is 2.41. The zero-order valence-electron chi connectivity index (χ0n) is 11.9. The molecule has 1 fully saturated rings. The maximum Gasteiger partial charge on any atom is 0.254 e. The predicted molar refractivity (Wildman–Crippen MR) is 76.1 cm³/mol. The minimum Gasteiger partial charge on any atom is -0.376 e. The Morgan fingerprint density at radius 1 is 1.45 bits per heavy atom. The van der Waals surface area contributed by atoms with Crippen LogP contribution >= 0.6 is 0 Å². The average Bonchev–Trinajstić information content (AvgIpc) is 2.46. The highest BCUT2D eigenvalue weighted by Crippen LogP contribution is 2.24. The Balaban J connectivity index is 1.99. The van der Waals surface area contributed by atoms with E-state index in [1.54, 1.807) is 0 Å². The van der Waals surface area contributed by atoms with Gasteiger partial charge < -0.3 is 20.5 Å². The first-order valence-corrected chi connectivity index (χ1v) is 6.92. The third-order valence-electron chi connectivity index (χ3n) is 3.63. The van der Waals surface area contributed by atoms with Crippen LogP contribution in [0.1, 0.15) is 25.0 Å². The molecule has 110 valence electrons. The number of methoxy groups -OCH3 is 1. The molecule has 5 nitrogen and oxygen atoms in total. The molecule has 4 atom stereocenters. The molecule has 5 heteroatoms. The van der Waals surface area contributed by atoms with Gasteiger partial charge in [0.15, 0.2) is 6.10 Å². The zero-order chi connectivity index (χ0) is 14.5. The number of carbonyl (C=O) groups excluding carboxylic acids is 1. The lowest BCUT2D eigenvalue weighted by molar-refractivity contribution is -0.136. The van der Waals surface area contributed by atoms with Gasteiger partial charge in [-0.2, -0.15) is 0 Å². The van der Waals surface area contributed by atoms with E-state index in [1.165, 1.54) is 7.11 Å². The van der Waals surface area contributed by atoms with Gasteiger partial charge in [0.25, 0.3) is 5.91 Å². The lowest BCUT2D eigenvalue weighted by Crippen LogP contribution is -2.65. The van der Waals surface area contributed by atoms with Crippen LogP contribution in [0.4, 0.5) is 0 Å². The van der Waals surface area contributed by atoms with Crippen LogP contribution < -0.4 is 11.1 Å². The summed E-state index contributed by atoms with van der Waals surface area (Å²) in [5.74, 6) is -0.177. The summed E-state index contributed by atoms with van der Waals surface area (Å²) in [6, 6.07) is 9.22. The van der Waals surface area contributed by atoms with E-state index in [0.717, 1.165) is 12.0 Å². The first kappa shape index (κ1) is 15.0. The molecule has 1 aliphatic carbocycles. The highest BCUT2D eigenvalue weighted by molar-refractivity contribution is 5.82. The fraction of sp³-hybridized carbons (Fsp3) is 0.533. The second-order valence-electron chi connectivity index (χ2n) is 4.95. The van der Waals surface area contributed by atoms with E-state index in [2.05, 4.69) is 5.32 Å². The maximum atomic E-state index is 12.3. The molecule has 1 saturated carbocycles. The second kappa shape index (κ2) is 6.83. The average molecular weight is 278 g/mol. The van der Waals surface area contributed by atoms with Gasteiger partial charge in [-0.15, -0.1) is 0 Å². The third-order valence-corrected chi connectivity index (χ3v) is 3.63. The van der Waals surface area contributed by atoms with Crippen LogP contribution in [0.15, 0.2) is 30.3 Å². The van der Waals surface area contributed by atoms with Crippen LogP contribution in [0, 0.1) is 0 Å². The zero-order valence-corrected chi connectivity index (χ0v) is 11.9. The van der Waals surface area contributed by atoms with Crippen LogP contribution in [-0.2, 0) is 14.3 Å². The van der Waals surface area contributed by atoms with Crippen molar-refractivity contribution in [1.82, 2.24) is 5.32 Å². The van der Waals surface area contributed by atoms with Gasteiger partial charge >= 0.3 is 0 Å². The molecular formula is C15H22N2O3. The molecule has 0 spiro atoms. The van der Waals surface area contributed by atoms with E-state index in [-0.39, 0.29) is 24.1 Å². The fourth-order valence-electron chi connectivity index (χ4n) is 2.49. The molecule has 1 aliphatic rings. The maximum absolute atomic E-state index is 12.3. The van der Waals surface area contributed by atoms with Crippen molar-refractivity contribution in [3.63, 3.8) is 0 Å². The van der Waals surface area contributed by atoms with Crippen LogP contribution in [0.3, 0.4) is 0 Å². The van der Waals surface area contributed by atoms with Gasteiger partial charge in [-0.1, -0.05) is 30.3 Å². The monoisotopic (exact) mass is 278 g/mol. The summed E-state index contributed by atoms with van der Waals surface area (Å²) in [6.45, 7) is 2.56. The van der Waals surface area contributed by atoms with Crippen molar-refractivity contribution in [1.29, 1.82) is 0 Å². The molecule has 0 radical (unpaired) electrons. The summed E-state index contributed by atoms with van der Waals surface area (Å²) in [5.41, 5.74) is 6.76. The number of hydrogen-bond donors (Lipinski definition) is 2. The first-order valence-electron chi connectivity index (χ1n) is 6.92. The van der Waals surface area contributed by atoms with Crippen LogP contribution in [0.25, 0.3) is 0 Å². The lowest BCUT2D eigenvalue weighted by Gasteiger charge is -2.42. The van der Waals surface area contributed by atoms with Gasteiger partial charge in [-0.25, -0.2) is 0 Å². The number of carbonyl (C=O) groups is 1. The van der Waals surface area contributed by atoms with E-state index in [1.807, 2.05) is 37.3 Å². The van der Waals surface area contributed by atoms with Gasteiger partial charge in [-0.3, -0.25) is 4.79 Å². The quantitative estimate of drug-likeness (QED) is 0.814. The van der Waals surface area contributed by atoms with Crippen molar-refractivity contribution in [3.8, 4) is 0 Å². The van der Waals surface area contributed by atoms with Crippen LogP contribution in [-0.4, -0.2) is 37.8 Å². The van der Waals surface area contributed by atoms with Crippen LogP contribution in [0.5, 0.6) is 0 Å². The molecule has 0 aromatic heterocycles. The third kappa shape index (κ3) is 3.17. The van der Waals surface area contributed by atoms with E-state index in [0.29, 0.717) is 6.61 Å². The number of hydrogen-bond acceptors (Lipinski definition) is 4. The van der Waals surface area contributed by atoms with Gasteiger partial charge in [-0.05, 0) is 18.9 Å². The van der Waals surface area contributed by atoms with Gasteiger partial charge in [0, 0.05) is 19.8 Å². The van der Waals surface area contributed by atoms with Crippen LogP contribution in [0.2, 0.25) is 0 Å². The minimum atomic E-state index is -0.619. The van der Waals surface area contributed by atoms with Crippen molar-refractivity contribution in [2.75, 3.05) is 13.7 Å². The molecule has 0 saturated heterocycles. The molecule has 1 aromatic rings. The summed E-state index contributed by atoms with van der Waals surface area (Å²) in [7, 11) is 1.53. The molecule has 0 heterocycles. The SMILES string of the molecule is CCOC1CC(N)C1NC(=O)C(OC)c1ccccc1. The number of ether oxygens (including phenoxy) is 2. The molecule has 20 heavy (non-hydrogen) atoms. The van der Waals surface area contributed by atoms with Crippen molar-refractivity contribution in [3.05, 3.63) is 35.9 Å². The summed E-state index contributed by atoms with van der Waals surface area (Å²) >= 11 is 0. The van der Waals surface area contributed by atoms with E-state index in [4.69, 9.17) is 15.2 Å². The highest BCUT2D eigenvalue weighted by atomic mass is 16.5. The van der Waals surface area contributed by atoms with Crippen molar-refractivity contribution in [2.45, 2.75) is 37.6 Å². The lowest BCUT2D eigenvalue weighted by atomic mass is 9.83. The van der Waals surface area contributed by atoms with Gasteiger partial charge in [0.2, 0.25) is 0 Å². The summed E-state index contributed by atoms with van der Waals surface area (Å²) in [5, 5.41) is 2.94. The van der Waals surface area contributed by atoms with Crippen molar-refractivity contribution >= 4 is 5.91 Å². The Hall–Kier alpha value is -1.43.